The van der Waals surface area contributed by atoms with Crippen LogP contribution in [0.1, 0.15) is 0 Å². The zero-order valence-electron chi connectivity index (χ0n) is 14.4. The van der Waals surface area contributed by atoms with Crippen LogP contribution in [0.4, 0.5) is 0 Å². The zero-order chi connectivity index (χ0) is 17.6. The molecule has 2 atom stereocenters. The molecule has 6 nitrogen and oxygen atoms in total. The van der Waals surface area contributed by atoms with Gasteiger partial charge in [0.05, 0.1) is 0 Å². The first-order valence-electron chi connectivity index (χ1n) is 7.58. The fourth-order valence-electron chi connectivity index (χ4n) is 2.52. The first-order chi connectivity index (χ1) is 10.4. The summed E-state index contributed by atoms with van der Waals surface area (Å²) in [5.74, 6) is -0.263. The molecule has 23 heavy (non-hydrogen) atoms. The second-order valence-electron chi connectivity index (χ2n) is 7.78. The molecule has 0 spiro atoms. The number of thioether (sulfide) groups is 1. The Morgan fingerprint density at radius 3 is 2.39 bits per heavy atom. The molecule has 128 valence electrons. The molecule has 0 aliphatic carbocycles. The summed E-state index contributed by atoms with van der Waals surface area (Å²) in [4.78, 5) is 41.2. The summed E-state index contributed by atoms with van der Waals surface area (Å²) in [7, 11) is -3.73. The average molecular weight is 373 g/mol. The minimum absolute atomic E-state index is 0.137. The maximum atomic E-state index is 12.5. The van der Waals surface area contributed by atoms with E-state index in [0.29, 0.717) is 17.6 Å². The Morgan fingerprint density at radius 1 is 1.30 bits per heavy atom. The molecule has 0 aromatic rings. The molecule has 2 aliphatic heterocycles. The highest BCUT2D eigenvalue weighted by Crippen LogP contribution is 2.40. The number of aldehydes is 1. The lowest BCUT2D eigenvalue weighted by Crippen LogP contribution is -2.73. The number of nitrogens with one attached hydrogen (secondary N) is 1. The Hall–Kier alpha value is -0.906. The van der Waals surface area contributed by atoms with Gasteiger partial charge in [-0.1, -0.05) is 19.6 Å². The highest BCUT2D eigenvalue weighted by Gasteiger charge is 2.54. The maximum Gasteiger partial charge on any atom is 0.342 e. The zero-order valence-corrected chi connectivity index (χ0v) is 17.2. The van der Waals surface area contributed by atoms with E-state index in [1.54, 1.807) is 0 Å². The Bertz CT molecular complexity index is 580. The number of nitrogens with zero attached hydrogens (tertiary/aromatic N) is 1. The van der Waals surface area contributed by atoms with Crippen molar-refractivity contribution in [3.05, 3.63) is 11.3 Å². The summed E-state index contributed by atoms with van der Waals surface area (Å²) in [6.07, 6.45) is 0.663. The van der Waals surface area contributed by atoms with Crippen molar-refractivity contribution in [3.63, 3.8) is 0 Å². The molecule has 1 fully saturated rings. The second-order valence-corrected chi connectivity index (χ2v) is 18.1. The van der Waals surface area contributed by atoms with Gasteiger partial charge >= 0.3 is 5.97 Å². The Labute approximate surface area is 143 Å². The second kappa shape index (κ2) is 6.19. The Morgan fingerprint density at radius 2 is 1.91 bits per heavy atom. The molecule has 0 saturated carbocycles. The van der Waals surface area contributed by atoms with E-state index in [1.165, 1.54) is 16.7 Å². The largest absolute Gasteiger partial charge is 0.515 e. The molecular weight excluding hydrogens is 348 g/mol. The Kier molecular flexibility index (Phi) is 4.96. The summed E-state index contributed by atoms with van der Waals surface area (Å²) in [6, 6.07) is -0.283. The van der Waals surface area contributed by atoms with E-state index in [1.807, 2.05) is 19.6 Å². The van der Waals surface area contributed by atoms with Gasteiger partial charge in [-0.05, 0) is 19.6 Å². The van der Waals surface area contributed by atoms with E-state index in [0.717, 1.165) is 0 Å². The van der Waals surface area contributed by atoms with Crippen LogP contribution in [0.3, 0.4) is 0 Å². The van der Waals surface area contributed by atoms with E-state index < -0.39 is 22.5 Å². The molecule has 1 amide bonds. The highest BCUT2D eigenvalue weighted by atomic mass is 32.2. The number of fused-ring (bicyclic) bond motifs is 1. The molecule has 0 bridgehead atoms. The van der Waals surface area contributed by atoms with Crippen molar-refractivity contribution in [2.24, 2.45) is 0 Å². The smallest absolute Gasteiger partial charge is 0.342 e. The minimum Gasteiger partial charge on any atom is -0.515 e. The number of hydrogen-bond donors (Lipinski definition) is 1. The average Bonchev–Trinajstić information content (AvgIpc) is 2.40. The number of carbonyl (C=O) groups excluding carboxylic acids is 3. The number of amides is 1. The molecule has 2 heterocycles. The lowest BCUT2D eigenvalue weighted by molar-refractivity contribution is -0.148. The molecule has 0 aromatic carbocycles. The molecule has 2 aliphatic rings. The third-order valence-electron chi connectivity index (χ3n) is 3.32. The van der Waals surface area contributed by atoms with Gasteiger partial charge in [0.15, 0.2) is 0 Å². The molecule has 1 N–H and O–H groups in total. The van der Waals surface area contributed by atoms with Crippen molar-refractivity contribution in [1.82, 2.24) is 9.88 Å². The predicted octanol–water partition coefficient (Wildman–Crippen LogP) is 1.53. The molecule has 2 rings (SSSR count). The predicted molar refractivity (Wildman–Crippen MR) is 95.9 cm³/mol. The van der Waals surface area contributed by atoms with Gasteiger partial charge in [-0.15, -0.1) is 11.8 Å². The normalized spacial score (nSPS) is 25.0. The molecule has 0 radical (unpaired) electrons. The van der Waals surface area contributed by atoms with Crippen LogP contribution in [0.15, 0.2) is 11.3 Å². The number of hydrogen-bond acceptors (Lipinski definition) is 6. The topological polar surface area (TPSA) is 75.7 Å². The third-order valence-corrected chi connectivity index (χ3v) is 6.60. The molecule has 1 saturated heterocycles. The van der Waals surface area contributed by atoms with Crippen molar-refractivity contribution in [1.29, 1.82) is 0 Å². The summed E-state index contributed by atoms with van der Waals surface area (Å²) in [6.45, 7) is 12.1. The molecule has 0 aromatic heterocycles. The van der Waals surface area contributed by atoms with Crippen LogP contribution in [-0.2, 0) is 18.8 Å². The quantitative estimate of drug-likeness (QED) is 0.448. The molecule has 1 unspecified atom stereocenters. The number of β-lactam (4-membered cyclic amide) rings is 1. The van der Waals surface area contributed by atoms with Gasteiger partial charge in [0.25, 0.3) is 0 Å². The van der Waals surface area contributed by atoms with Crippen LogP contribution in [0, 0.1) is 0 Å². The van der Waals surface area contributed by atoms with Crippen LogP contribution < -0.4 is 4.98 Å². The summed E-state index contributed by atoms with van der Waals surface area (Å²) in [5.41, 5.74) is 0.485. The van der Waals surface area contributed by atoms with Gasteiger partial charge in [-0.25, -0.2) is 4.79 Å². The Balaban J connectivity index is 2.27. The van der Waals surface area contributed by atoms with E-state index in [4.69, 9.17) is 4.43 Å². The lowest BCUT2D eigenvalue weighted by atomic mass is 10.0. The molecular formula is C14H24N2O4SSi2. The van der Waals surface area contributed by atoms with Crippen LogP contribution in [-0.4, -0.2) is 56.8 Å². The first-order valence-corrected chi connectivity index (χ1v) is 15.5. The summed E-state index contributed by atoms with van der Waals surface area (Å²) in [5, 5.41) is -0.137. The fourth-order valence-corrected chi connectivity index (χ4v) is 5.79. The van der Waals surface area contributed by atoms with Crippen molar-refractivity contribution in [2.45, 2.75) is 50.7 Å². The lowest BCUT2D eigenvalue weighted by Gasteiger charge is -2.51. The van der Waals surface area contributed by atoms with Gasteiger partial charge in [-0.2, -0.15) is 0 Å². The maximum absolute atomic E-state index is 12.5. The van der Waals surface area contributed by atoms with Gasteiger partial charge < -0.3 is 9.41 Å². The number of rotatable bonds is 5. The van der Waals surface area contributed by atoms with Crippen LogP contribution in [0.5, 0.6) is 0 Å². The van der Waals surface area contributed by atoms with E-state index in [-0.39, 0.29) is 23.0 Å². The van der Waals surface area contributed by atoms with Crippen LogP contribution in [0.2, 0.25) is 39.3 Å². The number of carbonyl (C=O) groups is 3. The van der Waals surface area contributed by atoms with Crippen molar-refractivity contribution >= 4 is 46.5 Å². The van der Waals surface area contributed by atoms with Crippen LogP contribution >= 0.6 is 11.8 Å². The first kappa shape index (κ1) is 18.4. The van der Waals surface area contributed by atoms with Gasteiger partial charge in [-0.3, -0.25) is 14.5 Å². The van der Waals surface area contributed by atoms with E-state index in [2.05, 4.69) is 24.6 Å². The van der Waals surface area contributed by atoms with Gasteiger partial charge in [0.1, 0.15) is 31.6 Å². The van der Waals surface area contributed by atoms with Crippen molar-refractivity contribution in [2.75, 3.05) is 5.75 Å². The standard InChI is InChI=1S/C14H24N2O4SSi2/c1-22(2,3)15-10-12(18)16-11(14(19)20-23(4,5)6)9(7-17)8-21-13(10)16/h7,10,13,15H,8H2,1-6H3/t10?,13-/m0/s1. The van der Waals surface area contributed by atoms with E-state index >= 15 is 0 Å². The van der Waals surface area contributed by atoms with Crippen molar-refractivity contribution in [3.8, 4) is 0 Å². The van der Waals surface area contributed by atoms with E-state index in [9.17, 15) is 14.4 Å². The van der Waals surface area contributed by atoms with Crippen LogP contribution in [0.25, 0.3) is 0 Å². The van der Waals surface area contributed by atoms with Gasteiger partial charge in [0.2, 0.25) is 14.2 Å². The molecule has 9 heteroatoms. The fraction of sp³-hybridized carbons (Fsp3) is 0.643. The van der Waals surface area contributed by atoms with Crippen molar-refractivity contribution < 1.29 is 18.8 Å². The SMILES string of the molecule is C[Si](C)(C)NC1C(=O)N2C(C(=O)O[Si](C)(C)C)=C(C=O)CS[C@@H]12. The minimum atomic E-state index is -2.10. The summed E-state index contributed by atoms with van der Waals surface area (Å²) < 4.78 is 5.51. The third kappa shape index (κ3) is 3.96. The monoisotopic (exact) mass is 372 g/mol. The summed E-state index contributed by atoms with van der Waals surface area (Å²) >= 11 is 1.52. The van der Waals surface area contributed by atoms with Gasteiger partial charge in [0, 0.05) is 11.3 Å². The highest BCUT2D eigenvalue weighted by molar-refractivity contribution is 8.00.